The van der Waals surface area contributed by atoms with E-state index in [-0.39, 0.29) is 25.5 Å². The fraction of sp³-hybridized carbons (Fsp3) is 0.533. The van der Waals surface area contributed by atoms with Gasteiger partial charge >= 0.3 is 7.12 Å². The monoisotopic (exact) mass is 545 g/mol. The largest absolute Gasteiger partial charge is 0.491 e. The van der Waals surface area contributed by atoms with Crippen LogP contribution in [0.1, 0.15) is 43.1 Å². The number of amides is 1. The van der Waals surface area contributed by atoms with Gasteiger partial charge in [0.2, 0.25) is 0 Å². The van der Waals surface area contributed by atoms with Crippen LogP contribution < -0.4 is 5.46 Å². The van der Waals surface area contributed by atoms with E-state index in [0.29, 0.717) is 17.6 Å². The Hall–Kier alpha value is 0.0649. The van der Waals surface area contributed by atoms with Crippen molar-refractivity contribution in [3.05, 3.63) is 29.1 Å². The zero-order valence-corrected chi connectivity index (χ0v) is 17.6. The van der Waals surface area contributed by atoms with E-state index in [1.165, 1.54) is 12.1 Å². The third-order valence-corrected chi connectivity index (χ3v) is 4.97. The van der Waals surface area contributed by atoms with Gasteiger partial charge in [-0.05, 0) is 36.5 Å². The average molecular weight is 545 g/mol. The molecule has 1 N–H and O–H groups in total. The molecule has 2 rings (SSSR count). The second-order valence-electron chi connectivity index (χ2n) is 6.24. The van der Waals surface area contributed by atoms with Crippen LogP contribution in [-0.4, -0.2) is 37.0 Å². The lowest BCUT2D eigenvalue weighted by atomic mass is 9.79. The molecular weight excluding hydrogens is 526 g/mol. The molecule has 1 aliphatic rings. The minimum Gasteiger partial charge on any atom is -0.423 e. The Morgan fingerprint density at radius 1 is 1.57 bits per heavy atom. The van der Waals surface area contributed by atoms with Crippen LogP contribution in [0, 0.1) is 5.82 Å². The summed E-state index contributed by atoms with van der Waals surface area (Å²) in [6, 6.07) is 2.71. The van der Waals surface area contributed by atoms with Crippen molar-refractivity contribution in [2.45, 2.75) is 41.3 Å². The van der Waals surface area contributed by atoms with E-state index in [9.17, 15) is 14.2 Å². The van der Waals surface area contributed by atoms with Gasteiger partial charge in [-0.3, -0.25) is 4.79 Å². The number of carbonyl (C=O) groups is 1. The molecule has 23 heavy (non-hydrogen) atoms. The smallest absolute Gasteiger partial charge is 0.423 e. The maximum absolute atomic E-state index is 14.3. The molecule has 0 aromatic heterocycles. The van der Waals surface area contributed by atoms with Gasteiger partial charge in [0.05, 0.1) is 16.2 Å². The number of hydrogen-bond donors (Lipinski definition) is 1. The van der Waals surface area contributed by atoms with E-state index in [1.54, 1.807) is 4.90 Å². The molecule has 4 nitrogen and oxygen atoms in total. The molecule has 0 saturated carbocycles. The van der Waals surface area contributed by atoms with Gasteiger partial charge in [-0.2, -0.15) is 0 Å². The van der Waals surface area contributed by atoms with Crippen LogP contribution >= 0.6 is 45.2 Å². The molecule has 1 atom stereocenters. The van der Waals surface area contributed by atoms with Gasteiger partial charge in [0.15, 0.2) is 0 Å². The SMILES string of the molecule is CC(I)N(CCC(C)(C)I)C(=O)c1cc2c(cc1F)B(O)OC2. The fourth-order valence-electron chi connectivity index (χ4n) is 2.39. The Morgan fingerprint density at radius 3 is 2.78 bits per heavy atom. The molecule has 1 unspecified atom stereocenters. The van der Waals surface area contributed by atoms with Gasteiger partial charge in [-0.15, -0.1) is 0 Å². The highest BCUT2D eigenvalue weighted by Gasteiger charge is 2.31. The predicted molar refractivity (Wildman–Crippen MR) is 106 cm³/mol. The number of carbonyl (C=O) groups excluding carboxylic acids is 1. The molecule has 0 bridgehead atoms. The van der Waals surface area contributed by atoms with Crippen LogP contribution in [0.3, 0.4) is 0 Å². The van der Waals surface area contributed by atoms with E-state index < -0.39 is 12.9 Å². The van der Waals surface area contributed by atoms with E-state index in [0.717, 1.165) is 6.42 Å². The first-order chi connectivity index (χ1) is 10.6. The van der Waals surface area contributed by atoms with Crippen LogP contribution in [0.25, 0.3) is 0 Å². The average Bonchev–Trinajstić information content (AvgIpc) is 2.77. The first kappa shape index (κ1) is 19.4. The molecule has 1 aromatic rings. The fourth-order valence-corrected chi connectivity index (χ4v) is 3.17. The Kier molecular flexibility index (Phi) is 6.35. The minimum absolute atomic E-state index is 0.0382. The Labute approximate surface area is 163 Å². The van der Waals surface area contributed by atoms with Crippen molar-refractivity contribution in [1.29, 1.82) is 0 Å². The molecule has 1 amide bonds. The summed E-state index contributed by atoms with van der Waals surface area (Å²) in [6.07, 6.45) is 0.820. The minimum atomic E-state index is -1.11. The van der Waals surface area contributed by atoms with Crippen molar-refractivity contribution >= 4 is 63.7 Å². The van der Waals surface area contributed by atoms with Gasteiger partial charge in [-0.1, -0.05) is 59.0 Å². The quantitative estimate of drug-likeness (QED) is 0.268. The van der Waals surface area contributed by atoms with Crippen molar-refractivity contribution in [3.63, 3.8) is 0 Å². The topological polar surface area (TPSA) is 49.8 Å². The first-order valence-electron chi connectivity index (χ1n) is 7.36. The van der Waals surface area contributed by atoms with Crippen LogP contribution in [0.4, 0.5) is 4.39 Å². The number of hydrogen-bond acceptors (Lipinski definition) is 3. The van der Waals surface area contributed by atoms with Gasteiger partial charge < -0.3 is 14.6 Å². The van der Waals surface area contributed by atoms with Gasteiger partial charge in [0.25, 0.3) is 5.91 Å². The third kappa shape index (κ3) is 4.79. The maximum Gasteiger partial charge on any atom is 0.491 e. The lowest BCUT2D eigenvalue weighted by Gasteiger charge is -2.29. The van der Waals surface area contributed by atoms with E-state index in [1.807, 2.05) is 6.92 Å². The summed E-state index contributed by atoms with van der Waals surface area (Å²) in [5.74, 6) is -0.941. The van der Waals surface area contributed by atoms with Crippen molar-refractivity contribution in [2.24, 2.45) is 0 Å². The first-order valence-corrected chi connectivity index (χ1v) is 9.68. The highest BCUT2D eigenvalue weighted by Crippen LogP contribution is 2.25. The number of rotatable bonds is 5. The lowest BCUT2D eigenvalue weighted by Crippen LogP contribution is -2.39. The zero-order valence-electron chi connectivity index (χ0n) is 13.3. The maximum atomic E-state index is 14.3. The molecule has 1 aliphatic heterocycles. The highest BCUT2D eigenvalue weighted by atomic mass is 127. The molecule has 0 fully saturated rings. The summed E-state index contributed by atoms with van der Waals surface area (Å²) < 4.78 is 19.4. The second-order valence-corrected chi connectivity index (χ2v) is 11.0. The van der Waals surface area contributed by atoms with Gasteiger partial charge in [0.1, 0.15) is 5.82 Å². The lowest BCUT2D eigenvalue weighted by molar-refractivity contribution is 0.0746. The van der Waals surface area contributed by atoms with Gasteiger partial charge in [-0.25, -0.2) is 4.39 Å². The third-order valence-electron chi connectivity index (χ3n) is 3.76. The Bertz CT molecular complexity index is 607. The normalized spacial score (nSPS) is 15.5. The Morgan fingerprint density at radius 2 is 2.22 bits per heavy atom. The number of halogens is 3. The van der Waals surface area contributed by atoms with Crippen LogP contribution in [0.2, 0.25) is 0 Å². The summed E-state index contributed by atoms with van der Waals surface area (Å²) in [5.41, 5.74) is 1.11. The van der Waals surface area contributed by atoms with Crippen molar-refractivity contribution in [1.82, 2.24) is 4.90 Å². The van der Waals surface area contributed by atoms with Crippen molar-refractivity contribution in [2.75, 3.05) is 6.54 Å². The standard InChI is InChI=1S/C15H19BFI2NO3/c1-9(18)20(5-4-15(2,3)19)14(21)11-6-10-8-23-16(22)12(10)7-13(11)17/h6-7,9,22H,4-5,8H2,1-3H3. The number of alkyl halides is 2. The summed E-state index contributed by atoms with van der Waals surface area (Å²) >= 11 is 4.51. The summed E-state index contributed by atoms with van der Waals surface area (Å²) in [5, 5.41) is 9.62. The second kappa shape index (κ2) is 7.53. The van der Waals surface area contributed by atoms with E-state index >= 15 is 0 Å². The van der Waals surface area contributed by atoms with Crippen LogP contribution in [0.15, 0.2) is 12.1 Å². The molecule has 126 valence electrons. The number of fused-ring (bicyclic) bond motifs is 1. The highest BCUT2D eigenvalue weighted by molar-refractivity contribution is 14.1. The van der Waals surface area contributed by atoms with Gasteiger partial charge in [0, 0.05) is 9.97 Å². The summed E-state index contributed by atoms with van der Waals surface area (Å²) in [6.45, 7) is 6.87. The molecule has 1 aromatic carbocycles. The molecule has 0 radical (unpaired) electrons. The molecule has 1 heterocycles. The number of benzene rings is 1. The summed E-state index contributed by atoms with van der Waals surface area (Å²) in [4.78, 5) is 14.5. The van der Waals surface area contributed by atoms with E-state index in [2.05, 4.69) is 59.0 Å². The summed E-state index contributed by atoms with van der Waals surface area (Å²) in [7, 11) is -1.11. The van der Waals surface area contributed by atoms with E-state index in [4.69, 9.17) is 4.65 Å². The van der Waals surface area contributed by atoms with Crippen LogP contribution in [-0.2, 0) is 11.3 Å². The van der Waals surface area contributed by atoms with Crippen molar-refractivity contribution in [3.8, 4) is 0 Å². The molecular formula is C15H19BFI2NO3. The number of nitrogens with zero attached hydrogens (tertiary/aromatic N) is 1. The van der Waals surface area contributed by atoms with Crippen LogP contribution in [0.5, 0.6) is 0 Å². The molecule has 0 spiro atoms. The van der Waals surface area contributed by atoms with Crippen molar-refractivity contribution < 1.29 is 18.9 Å². The molecule has 8 heteroatoms. The zero-order chi connectivity index (χ0) is 17.4. The predicted octanol–water partition coefficient (Wildman–Crippen LogP) is 2.87. The molecule has 0 saturated heterocycles. The Balaban J connectivity index is 2.27. The molecule has 0 aliphatic carbocycles.